The SMILES string of the molecule is C1CCOC1.CC#N.CC(=O)O.O. The average molecular weight is 191 g/mol. The zero-order valence-electron chi connectivity index (χ0n) is 8.04. The van der Waals surface area contributed by atoms with E-state index in [-0.39, 0.29) is 5.48 Å². The monoisotopic (exact) mass is 191 g/mol. The van der Waals surface area contributed by atoms with Gasteiger partial charge in [-0.25, -0.2) is 0 Å². The summed E-state index contributed by atoms with van der Waals surface area (Å²) in [6, 6.07) is 1.75. The Morgan fingerprint density at radius 1 is 1.46 bits per heavy atom. The highest BCUT2D eigenvalue weighted by Crippen LogP contribution is 1.98. The van der Waals surface area contributed by atoms with Crippen molar-refractivity contribution in [2.45, 2.75) is 26.7 Å². The minimum Gasteiger partial charge on any atom is -0.481 e. The molecule has 0 amide bonds. The van der Waals surface area contributed by atoms with Crippen molar-refractivity contribution in [3.05, 3.63) is 0 Å². The van der Waals surface area contributed by atoms with Gasteiger partial charge in [0.15, 0.2) is 0 Å². The minimum atomic E-state index is -0.833. The number of nitrogens with zero attached hydrogens (tertiary/aromatic N) is 1. The number of rotatable bonds is 0. The van der Waals surface area contributed by atoms with Gasteiger partial charge < -0.3 is 15.3 Å². The van der Waals surface area contributed by atoms with Crippen molar-refractivity contribution in [1.29, 1.82) is 5.26 Å². The fourth-order valence-corrected chi connectivity index (χ4v) is 0.510. The Balaban J connectivity index is -0.000000116. The molecule has 0 bridgehead atoms. The summed E-state index contributed by atoms with van der Waals surface area (Å²) in [7, 11) is 0. The van der Waals surface area contributed by atoms with E-state index in [4.69, 9.17) is 19.9 Å². The lowest BCUT2D eigenvalue weighted by atomic mass is 10.4. The number of carbonyl (C=O) groups is 1. The van der Waals surface area contributed by atoms with Crippen molar-refractivity contribution in [1.82, 2.24) is 0 Å². The number of aliphatic carboxylic acids is 1. The van der Waals surface area contributed by atoms with Crippen LogP contribution in [0.2, 0.25) is 0 Å². The highest BCUT2D eigenvalue weighted by atomic mass is 16.5. The molecule has 1 rings (SSSR count). The van der Waals surface area contributed by atoms with Gasteiger partial charge in [0.2, 0.25) is 0 Å². The zero-order valence-corrected chi connectivity index (χ0v) is 8.04. The van der Waals surface area contributed by atoms with Crippen molar-refractivity contribution in [2.75, 3.05) is 13.2 Å². The van der Waals surface area contributed by atoms with Crippen molar-refractivity contribution >= 4 is 5.97 Å². The summed E-state index contributed by atoms with van der Waals surface area (Å²) in [5.74, 6) is -0.833. The Morgan fingerprint density at radius 2 is 1.69 bits per heavy atom. The van der Waals surface area contributed by atoms with Crippen LogP contribution in [-0.2, 0) is 9.53 Å². The standard InChI is InChI=1S/C4H8O.C2H3N.C2H4O2.H2O/c1-2-4-5-3-1;1-2-3;1-2(3)4;/h1-4H2;1H3;1H3,(H,3,4);1H2. The number of carboxylic acid groups (broad SMARTS) is 1. The highest BCUT2D eigenvalue weighted by molar-refractivity contribution is 5.62. The molecule has 13 heavy (non-hydrogen) atoms. The molecule has 0 aromatic heterocycles. The van der Waals surface area contributed by atoms with Crippen LogP contribution in [0.25, 0.3) is 0 Å². The van der Waals surface area contributed by atoms with Crippen LogP contribution in [-0.4, -0.2) is 29.8 Å². The van der Waals surface area contributed by atoms with Crippen LogP contribution in [0.5, 0.6) is 0 Å². The van der Waals surface area contributed by atoms with Crippen LogP contribution in [0.4, 0.5) is 0 Å². The molecule has 1 heterocycles. The predicted molar refractivity (Wildman–Crippen MR) is 48.3 cm³/mol. The molecule has 0 aliphatic carbocycles. The quantitative estimate of drug-likeness (QED) is 0.605. The van der Waals surface area contributed by atoms with E-state index in [2.05, 4.69) is 0 Å². The summed E-state index contributed by atoms with van der Waals surface area (Å²) < 4.78 is 4.94. The Bertz CT molecular complexity index is 126. The van der Waals surface area contributed by atoms with Crippen LogP contribution in [0.1, 0.15) is 26.7 Å². The Kier molecular flexibility index (Phi) is 23.5. The highest BCUT2D eigenvalue weighted by Gasteiger charge is 1.94. The van der Waals surface area contributed by atoms with Gasteiger partial charge in [0.05, 0.1) is 6.07 Å². The summed E-state index contributed by atoms with van der Waals surface area (Å²) in [4.78, 5) is 9.00. The molecular formula is C8H17NO4. The first kappa shape index (κ1) is 17.8. The van der Waals surface area contributed by atoms with E-state index >= 15 is 0 Å². The van der Waals surface area contributed by atoms with E-state index < -0.39 is 5.97 Å². The lowest BCUT2D eigenvalue weighted by Crippen LogP contribution is -1.78. The molecule has 0 radical (unpaired) electrons. The third kappa shape index (κ3) is 57.0. The molecule has 5 nitrogen and oxygen atoms in total. The third-order valence-electron chi connectivity index (χ3n) is 0.827. The second-order valence-electron chi connectivity index (χ2n) is 2.06. The summed E-state index contributed by atoms with van der Waals surface area (Å²) in [6.45, 7) is 4.51. The topological polar surface area (TPSA) is 102 Å². The van der Waals surface area contributed by atoms with Gasteiger partial charge in [-0.2, -0.15) is 5.26 Å². The second kappa shape index (κ2) is 17.1. The lowest BCUT2D eigenvalue weighted by molar-refractivity contribution is -0.134. The maximum absolute atomic E-state index is 9.00. The van der Waals surface area contributed by atoms with Crippen molar-refractivity contribution in [3.8, 4) is 6.07 Å². The van der Waals surface area contributed by atoms with Crippen molar-refractivity contribution < 1.29 is 20.1 Å². The summed E-state index contributed by atoms with van der Waals surface area (Å²) >= 11 is 0. The van der Waals surface area contributed by atoms with E-state index in [0.717, 1.165) is 20.1 Å². The number of nitriles is 1. The third-order valence-corrected chi connectivity index (χ3v) is 0.827. The van der Waals surface area contributed by atoms with Gasteiger partial charge in [-0.3, -0.25) is 4.79 Å². The van der Waals surface area contributed by atoms with Gasteiger partial charge in [0.1, 0.15) is 0 Å². The zero-order chi connectivity index (χ0) is 9.82. The minimum absolute atomic E-state index is 0. The molecule has 0 saturated carbocycles. The maximum Gasteiger partial charge on any atom is 0.300 e. The van der Waals surface area contributed by atoms with Crippen LogP contribution in [0.3, 0.4) is 0 Å². The fraction of sp³-hybridized carbons (Fsp3) is 0.750. The van der Waals surface area contributed by atoms with Crippen molar-refractivity contribution in [2.24, 2.45) is 0 Å². The van der Waals surface area contributed by atoms with E-state index in [9.17, 15) is 0 Å². The molecule has 5 heteroatoms. The van der Waals surface area contributed by atoms with Gasteiger partial charge in [0.25, 0.3) is 5.97 Å². The largest absolute Gasteiger partial charge is 0.481 e. The molecule has 0 aromatic carbocycles. The Hall–Kier alpha value is -1.12. The molecule has 0 spiro atoms. The first-order chi connectivity index (χ1) is 5.65. The normalized spacial score (nSPS) is 11.8. The van der Waals surface area contributed by atoms with Crippen molar-refractivity contribution in [3.63, 3.8) is 0 Å². The van der Waals surface area contributed by atoms with Gasteiger partial charge in [-0.05, 0) is 12.8 Å². The predicted octanol–water partition coefficient (Wildman–Crippen LogP) is 0.593. The molecule has 0 aromatic rings. The number of ether oxygens (including phenoxy) is 1. The number of hydrogen-bond donors (Lipinski definition) is 1. The van der Waals surface area contributed by atoms with Crippen LogP contribution < -0.4 is 0 Å². The van der Waals surface area contributed by atoms with E-state index in [1.165, 1.54) is 19.8 Å². The van der Waals surface area contributed by atoms with Gasteiger partial charge in [-0.15, -0.1) is 0 Å². The van der Waals surface area contributed by atoms with Crippen LogP contribution in [0, 0.1) is 11.3 Å². The summed E-state index contributed by atoms with van der Waals surface area (Å²) in [5.41, 5.74) is 0. The van der Waals surface area contributed by atoms with Gasteiger partial charge >= 0.3 is 0 Å². The lowest BCUT2D eigenvalue weighted by Gasteiger charge is -1.76. The first-order valence-corrected chi connectivity index (χ1v) is 3.73. The molecule has 1 aliphatic heterocycles. The van der Waals surface area contributed by atoms with Gasteiger partial charge in [-0.1, -0.05) is 0 Å². The summed E-state index contributed by atoms with van der Waals surface area (Å²) in [5, 5.41) is 14.7. The number of hydrogen-bond acceptors (Lipinski definition) is 3. The average Bonchev–Trinajstić information content (AvgIpc) is 2.40. The molecule has 1 fully saturated rings. The van der Waals surface area contributed by atoms with E-state index in [0.29, 0.717) is 0 Å². The van der Waals surface area contributed by atoms with Gasteiger partial charge in [0, 0.05) is 27.1 Å². The molecule has 3 N–H and O–H groups in total. The molecule has 78 valence electrons. The van der Waals surface area contributed by atoms with E-state index in [1.807, 2.05) is 0 Å². The molecular weight excluding hydrogens is 174 g/mol. The molecule has 0 unspecified atom stereocenters. The first-order valence-electron chi connectivity index (χ1n) is 3.73. The molecule has 1 aliphatic rings. The molecule has 0 atom stereocenters. The van der Waals surface area contributed by atoms with E-state index in [1.54, 1.807) is 6.07 Å². The maximum atomic E-state index is 9.00. The smallest absolute Gasteiger partial charge is 0.300 e. The Labute approximate surface area is 78.2 Å². The number of carboxylic acids is 1. The second-order valence-corrected chi connectivity index (χ2v) is 2.06. The fourth-order valence-electron chi connectivity index (χ4n) is 0.510. The Morgan fingerprint density at radius 3 is 1.77 bits per heavy atom. The molecule has 1 saturated heterocycles. The summed E-state index contributed by atoms with van der Waals surface area (Å²) in [6.07, 6.45) is 2.56. The van der Waals surface area contributed by atoms with Crippen LogP contribution in [0.15, 0.2) is 0 Å². The van der Waals surface area contributed by atoms with Crippen LogP contribution >= 0.6 is 0 Å².